The molecule has 18 heavy (non-hydrogen) atoms. The summed E-state index contributed by atoms with van der Waals surface area (Å²) in [5.74, 6) is 0.986. The molecule has 2 heterocycles. The highest BCUT2D eigenvalue weighted by molar-refractivity contribution is 5.40. The number of aliphatic hydroxyl groups is 1. The second kappa shape index (κ2) is 5.67. The first-order chi connectivity index (χ1) is 8.58. The van der Waals surface area contributed by atoms with Gasteiger partial charge in [0.05, 0.1) is 6.10 Å². The Hall–Kier alpha value is -1.13. The molecule has 4 heteroatoms. The molecular weight excluding hydrogens is 226 g/mol. The average Bonchev–Trinajstić information content (AvgIpc) is 2.38. The van der Waals surface area contributed by atoms with Crippen molar-refractivity contribution in [3.05, 3.63) is 23.9 Å². The van der Waals surface area contributed by atoms with E-state index in [0.717, 1.165) is 17.9 Å². The number of pyridine rings is 1. The molecule has 100 valence electrons. The lowest BCUT2D eigenvalue weighted by molar-refractivity contribution is 0.199. The van der Waals surface area contributed by atoms with E-state index in [-0.39, 0.29) is 0 Å². The smallest absolute Gasteiger partial charge is 0.128 e. The molecule has 1 aliphatic heterocycles. The summed E-state index contributed by atoms with van der Waals surface area (Å²) >= 11 is 0. The van der Waals surface area contributed by atoms with Crippen LogP contribution in [0.25, 0.3) is 0 Å². The fraction of sp³-hybridized carbons (Fsp3) is 0.643. The van der Waals surface area contributed by atoms with Gasteiger partial charge in [0, 0.05) is 25.8 Å². The van der Waals surface area contributed by atoms with E-state index in [2.05, 4.69) is 28.9 Å². The molecule has 0 bridgehead atoms. The van der Waals surface area contributed by atoms with E-state index in [1.54, 1.807) is 13.1 Å². The number of rotatable bonds is 3. The Morgan fingerprint density at radius 2 is 2.28 bits per heavy atom. The summed E-state index contributed by atoms with van der Waals surface area (Å²) in [7, 11) is 4.28. The van der Waals surface area contributed by atoms with Crippen molar-refractivity contribution >= 4 is 5.82 Å². The van der Waals surface area contributed by atoms with E-state index in [1.165, 1.54) is 19.4 Å². The van der Waals surface area contributed by atoms with Crippen LogP contribution in [-0.2, 0) is 0 Å². The molecular formula is C14H23N3O. The van der Waals surface area contributed by atoms with Gasteiger partial charge in [0.15, 0.2) is 0 Å². The zero-order valence-corrected chi connectivity index (χ0v) is 11.5. The summed E-state index contributed by atoms with van der Waals surface area (Å²) in [6.45, 7) is 4.05. The van der Waals surface area contributed by atoms with Crippen molar-refractivity contribution in [1.82, 2.24) is 9.88 Å². The molecule has 1 fully saturated rings. The van der Waals surface area contributed by atoms with E-state index in [4.69, 9.17) is 0 Å². The lowest BCUT2D eigenvalue weighted by atomic mass is 10.1. The van der Waals surface area contributed by atoms with E-state index in [0.29, 0.717) is 6.04 Å². The maximum absolute atomic E-state index is 9.48. The van der Waals surface area contributed by atoms with E-state index >= 15 is 0 Å². The molecule has 0 radical (unpaired) electrons. The predicted octanol–water partition coefficient (Wildman–Crippen LogP) is 1.67. The molecule has 0 aromatic carbocycles. The minimum atomic E-state index is -0.447. The second-order valence-electron chi connectivity index (χ2n) is 5.29. The van der Waals surface area contributed by atoms with Crippen molar-refractivity contribution in [2.24, 2.45) is 0 Å². The normalized spacial score (nSPS) is 22.8. The topological polar surface area (TPSA) is 39.6 Å². The van der Waals surface area contributed by atoms with Crippen LogP contribution in [-0.4, -0.2) is 48.2 Å². The van der Waals surface area contributed by atoms with Crippen LogP contribution in [0.2, 0.25) is 0 Å². The number of aromatic nitrogens is 1. The standard InChI is InChI=1S/C14H23N3O/c1-11(18)12-6-7-14(15-9-12)17(3)13-5-4-8-16(2)10-13/h6-7,9,11,13,18H,4-5,8,10H2,1-3H3/t11-,13?/m0/s1. The van der Waals surface area contributed by atoms with Crippen LogP contribution < -0.4 is 4.90 Å². The van der Waals surface area contributed by atoms with E-state index in [1.807, 2.05) is 12.1 Å². The first-order valence-corrected chi connectivity index (χ1v) is 6.63. The van der Waals surface area contributed by atoms with Crippen molar-refractivity contribution in [2.75, 3.05) is 32.1 Å². The van der Waals surface area contributed by atoms with Gasteiger partial charge in [-0.25, -0.2) is 4.98 Å². The third-order valence-corrected chi connectivity index (χ3v) is 3.76. The van der Waals surface area contributed by atoms with Crippen LogP contribution in [0.15, 0.2) is 18.3 Å². The molecule has 1 saturated heterocycles. The molecule has 4 nitrogen and oxygen atoms in total. The van der Waals surface area contributed by atoms with Crippen LogP contribution in [0.1, 0.15) is 31.4 Å². The Balaban J connectivity index is 2.05. The first kappa shape index (κ1) is 13.3. The fourth-order valence-corrected chi connectivity index (χ4v) is 2.50. The highest BCUT2D eigenvalue weighted by Gasteiger charge is 2.21. The van der Waals surface area contributed by atoms with E-state index in [9.17, 15) is 5.11 Å². The van der Waals surface area contributed by atoms with Gasteiger partial charge >= 0.3 is 0 Å². The number of nitrogens with zero attached hydrogens (tertiary/aromatic N) is 3. The summed E-state index contributed by atoms with van der Waals surface area (Å²) in [6, 6.07) is 4.49. The first-order valence-electron chi connectivity index (χ1n) is 6.63. The van der Waals surface area contributed by atoms with Crippen molar-refractivity contribution in [3.8, 4) is 0 Å². The maximum atomic E-state index is 9.48. The van der Waals surface area contributed by atoms with Crippen LogP contribution in [0.3, 0.4) is 0 Å². The molecule has 2 atom stereocenters. The van der Waals surface area contributed by atoms with Gasteiger partial charge in [-0.3, -0.25) is 0 Å². The zero-order chi connectivity index (χ0) is 13.1. The number of hydrogen-bond acceptors (Lipinski definition) is 4. The Bertz CT molecular complexity index is 377. The summed E-state index contributed by atoms with van der Waals surface area (Å²) in [6.07, 6.45) is 3.79. The minimum absolute atomic E-state index is 0.447. The Morgan fingerprint density at radius 1 is 1.50 bits per heavy atom. The molecule has 1 aliphatic rings. The van der Waals surface area contributed by atoms with Gasteiger partial charge in [-0.05, 0) is 45.0 Å². The quantitative estimate of drug-likeness (QED) is 0.884. The Morgan fingerprint density at radius 3 is 2.83 bits per heavy atom. The Labute approximate surface area is 109 Å². The van der Waals surface area contributed by atoms with Gasteiger partial charge in [0.2, 0.25) is 0 Å². The Kier molecular flexibility index (Phi) is 4.19. The molecule has 0 spiro atoms. The van der Waals surface area contributed by atoms with E-state index < -0.39 is 6.10 Å². The molecule has 1 aromatic rings. The number of anilines is 1. The molecule has 0 saturated carbocycles. The lowest BCUT2D eigenvalue weighted by Gasteiger charge is -2.36. The highest BCUT2D eigenvalue weighted by Crippen LogP contribution is 2.20. The van der Waals surface area contributed by atoms with Gasteiger partial charge in [0.1, 0.15) is 5.82 Å². The highest BCUT2D eigenvalue weighted by atomic mass is 16.3. The molecule has 1 unspecified atom stereocenters. The van der Waals surface area contributed by atoms with Gasteiger partial charge in [-0.15, -0.1) is 0 Å². The average molecular weight is 249 g/mol. The summed E-state index contributed by atoms with van der Waals surface area (Å²) in [5.41, 5.74) is 0.868. The van der Waals surface area contributed by atoms with Crippen LogP contribution in [0.5, 0.6) is 0 Å². The molecule has 2 rings (SSSR count). The van der Waals surface area contributed by atoms with Crippen molar-refractivity contribution in [2.45, 2.75) is 31.9 Å². The number of likely N-dealkylation sites (tertiary alicyclic amines) is 1. The van der Waals surface area contributed by atoms with Gasteiger partial charge in [-0.2, -0.15) is 0 Å². The van der Waals surface area contributed by atoms with Crippen molar-refractivity contribution in [3.63, 3.8) is 0 Å². The second-order valence-corrected chi connectivity index (χ2v) is 5.29. The minimum Gasteiger partial charge on any atom is -0.389 e. The molecule has 1 N–H and O–H groups in total. The van der Waals surface area contributed by atoms with Crippen LogP contribution in [0.4, 0.5) is 5.82 Å². The SMILES string of the molecule is C[C@H](O)c1ccc(N(C)C2CCCN(C)C2)nc1. The van der Waals surface area contributed by atoms with Crippen molar-refractivity contribution < 1.29 is 5.11 Å². The van der Waals surface area contributed by atoms with Gasteiger partial charge in [-0.1, -0.05) is 6.07 Å². The number of likely N-dealkylation sites (N-methyl/N-ethyl adjacent to an activating group) is 2. The fourth-order valence-electron chi connectivity index (χ4n) is 2.50. The molecule has 0 amide bonds. The van der Waals surface area contributed by atoms with Crippen LogP contribution >= 0.6 is 0 Å². The van der Waals surface area contributed by atoms with Gasteiger partial charge < -0.3 is 14.9 Å². The maximum Gasteiger partial charge on any atom is 0.128 e. The number of piperidine rings is 1. The lowest BCUT2D eigenvalue weighted by Crippen LogP contribution is -2.45. The molecule has 1 aromatic heterocycles. The number of hydrogen-bond donors (Lipinski definition) is 1. The molecule has 0 aliphatic carbocycles. The largest absolute Gasteiger partial charge is 0.389 e. The van der Waals surface area contributed by atoms with Crippen LogP contribution in [0, 0.1) is 0 Å². The number of aliphatic hydroxyl groups excluding tert-OH is 1. The third-order valence-electron chi connectivity index (χ3n) is 3.76. The zero-order valence-electron chi connectivity index (χ0n) is 11.5. The van der Waals surface area contributed by atoms with Crippen molar-refractivity contribution in [1.29, 1.82) is 0 Å². The third kappa shape index (κ3) is 3.00. The van der Waals surface area contributed by atoms with Gasteiger partial charge in [0.25, 0.3) is 0 Å². The predicted molar refractivity (Wildman–Crippen MR) is 73.8 cm³/mol. The summed E-state index contributed by atoms with van der Waals surface area (Å²) in [5, 5.41) is 9.48. The summed E-state index contributed by atoms with van der Waals surface area (Å²) < 4.78 is 0. The monoisotopic (exact) mass is 249 g/mol. The summed E-state index contributed by atoms with van der Waals surface area (Å²) in [4.78, 5) is 9.07.